The molecule has 1 heterocycles. The van der Waals surface area contributed by atoms with Crippen molar-refractivity contribution in [3.8, 4) is 5.75 Å². The van der Waals surface area contributed by atoms with Crippen LogP contribution in [0.2, 0.25) is 5.02 Å². The molecule has 150 valence electrons. The van der Waals surface area contributed by atoms with Gasteiger partial charge in [-0.3, -0.25) is 4.79 Å². The molecule has 0 fully saturated rings. The van der Waals surface area contributed by atoms with Crippen molar-refractivity contribution in [2.24, 2.45) is 5.10 Å². The number of para-hydroxylation sites is 1. The lowest BCUT2D eigenvalue weighted by molar-refractivity contribution is 0.0956. The molecule has 0 aliphatic carbocycles. The highest BCUT2D eigenvalue weighted by Crippen LogP contribution is 2.23. The van der Waals surface area contributed by atoms with Gasteiger partial charge in [-0.05, 0) is 53.6 Å². The Kier molecular flexibility index (Phi) is 5.82. The average Bonchev–Trinajstić information content (AvgIpc) is 3.14. The Bertz CT molecular complexity index is 1200. The van der Waals surface area contributed by atoms with Crippen LogP contribution in [0.3, 0.4) is 0 Å². The highest BCUT2D eigenvalue weighted by molar-refractivity contribution is 6.30. The second kappa shape index (κ2) is 8.84. The summed E-state index contributed by atoms with van der Waals surface area (Å²) in [5.41, 5.74) is 6.14. The van der Waals surface area contributed by atoms with Crippen molar-refractivity contribution in [1.82, 2.24) is 9.99 Å². The van der Waals surface area contributed by atoms with E-state index in [1.165, 1.54) is 0 Å². The van der Waals surface area contributed by atoms with Gasteiger partial charge in [0.2, 0.25) is 0 Å². The summed E-state index contributed by atoms with van der Waals surface area (Å²) in [6.07, 6.45) is 3.46. The van der Waals surface area contributed by atoms with Crippen LogP contribution < -0.4 is 10.2 Å². The van der Waals surface area contributed by atoms with Gasteiger partial charge in [-0.15, -0.1) is 0 Å². The number of hydrogen-bond donors (Lipinski definition) is 1. The topological polar surface area (TPSA) is 55.6 Å². The van der Waals surface area contributed by atoms with E-state index in [-0.39, 0.29) is 5.91 Å². The minimum Gasteiger partial charge on any atom is -0.497 e. The lowest BCUT2D eigenvalue weighted by atomic mass is 10.1. The van der Waals surface area contributed by atoms with Crippen LogP contribution in [0.1, 0.15) is 21.5 Å². The van der Waals surface area contributed by atoms with E-state index >= 15 is 0 Å². The van der Waals surface area contributed by atoms with Crippen LogP contribution in [0.15, 0.2) is 84.1 Å². The first-order chi connectivity index (χ1) is 14.6. The maximum absolute atomic E-state index is 12.8. The molecule has 4 aromatic rings. The van der Waals surface area contributed by atoms with Crippen LogP contribution in [-0.4, -0.2) is 23.8 Å². The molecule has 0 radical (unpaired) electrons. The van der Waals surface area contributed by atoms with Crippen LogP contribution in [0.25, 0.3) is 10.9 Å². The largest absolute Gasteiger partial charge is 0.497 e. The van der Waals surface area contributed by atoms with Crippen molar-refractivity contribution in [3.63, 3.8) is 0 Å². The molecule has 0 saturated carbocycles. The van der Waals surface area contributed by atoms with Crippen molar-refractivity contribution in [2.45, 2.75) is 6.54 Å². The highest BCUT2D eigenvalue weighted by Gasteiger charge is 2.14. The zero-order chi connectivity index (χ0) is 20.9. The number of hydrazone groups is 1. The number of fused-ring (bicyclic) bond motifs is 1. The van der Waals surface area contributed by atoms with Crippen LogP contribution >= 0.6 is 11.6 Å². The van der Waals surface area contributed by atoms with Crippen LogP contribution in [0, 0.1) is 0 Å². The average molecular weight is 418 g/mol. The molecule has 0 atom stereocenters. The number of benzene rings is 3. The van der Waals surface area contributed by atoms with Crippen LogP contribution in [0.5, 0.6) is 5.75 Å². The maximum atomic E-state index is 12.8. The van der Waals surface area contributed by atoms with E-state index in [0.717, 1.165) is 27.8 Å². The second-order valence-electron chi connectivity index (χ2n) is 6.79. The van der Waals surface area contributed by atoms with E-state index in [1.54, 1.807) is 13.3 Å². The van der Waals surface area contributed by atoms with E-state index in [2.05, 4.69) is 15.1 Å². The molecule has 0 saturated heterocycles. The number of ether oxygens (including phenoxy) is 1. The third kappa shape index (κ3) is 4.36. The summed E-state index contributed by atoms with van der Waals surface area (Å²) in [6.45, 7) is 0.639. The Morgan fingerprint density at radius 1 is 1.07 bits per heavy atom. The molecule has 1 aromatic heterocycles. The quantitative estimate of drug-likeness (QED) is 0.350. The van der Waals surface area contributed by atoms with Crippen molar-refractivity contribution in [3.05, 3.63) is 101 Å². The highest BCUT2D eigenvalue weighted by atomic mass is 35.5. The number of carbonyl (C=O) groups excluding carboxylic acids is 1. The Morgan fingerprint density at radius 2 is 1.80 bits per heavy atom. The number of methoxy groups -OCH3 is 1. The molecule has 1 amide bonds. The number of rotatable bonds is 6. The molecule has 30 heavy (non-hydrogen) atoms. The lowest BCUT2D eigenvalue weighted by Crippen LogP contribution is -2.17. The van der Waals surface area contributed by atoms with Gasteiger partial charge in [0.25, 0.3) is 5.91 Å². The van der Waals surface area contributed by atoms with Crippen molar-refractivity contribution in [2.75, 3.05) is 7.11 Å². The van der Waals surface area contributed by atoms with Gasteiger partial charge in [0.15, 0.2) is 0 Å². The first-order valence-corrected chi connectivity index (χ1v) is 9.81. The molecule has 0 aliphatic rings. The van der Waals surface area contributed by atoms with E-state index in [4.69, 9.17) is 16.3 Å². The van der Waals surface area contributed by atoms with Crippen molar-refractivity contribution >= 4 is 34.6 Å². The smallest absolute Gasteiger partial charge is 0.273 e. The number of nitrogens with one attached hydrogen (secondary N) is 1. The molecule has 0 aliphatic heterocycles. The minimum absolute atomic E-state index is 0.259. The molecule has 1 N–H and O–H groups in total. The predicted octanol–water partition coefficient (Wildman–Crippen LogP) is 5.12. The fraction of sp³-hybridized carbons (Fsp3) is 0.0833. The monoisotopic (exact) mass is 417 g/mol. The zero-order valence-electron chi connectivity index (χ0n) is 16.4. The van der Waals surface area contributed by atoms with Crippen molar-refractivity contribution in [1.29, 1.82) is 0 Å². The Morgan fingerprint density at radius 3 is 2.53 bits per heavy atom. The summed E-state index contributed by atoms with van der Waals surface area (Å²) in [7, 11) is 1.62. The van der Waals surface area contributed by atoms with Gasteiger partial charge < -0.3 is 9.30 Å². The van der Waals surface area contributed by atoms with Crippen LogP contribution in [-0.2, 0) is 6.54 Å². The van der Waals surface area contributed by atoms with Gasteiger partial charge in [0.05, 0.1) is 18.9 Å². The number of nitrogens with zero attached hydrogens (tertiary/aromatic N) is 2. The summed E-state index contributed by atoms with van der Waals surface area (Å²) < 4.78 is 7.19. The number of carbonyl (C=O) groups is 1. The Labute approximate surface area is 179 Å². The fourth-order valence-electron chi connectivity index (χ4n) is 3.26. The second-order valence-corrected chi connectivity index (χ2v) is 7.22. The molecule has 0 spiro atoms. The van der Waals surface area contributed by atoms with E-state index in [1.807, 2.05) is 79.0 Å². The summed E-state index contributed by atoms with van der Waals surface area (Å²) in [6, 6.07) is 22.9. The molecule has 0 bridgehead atoms. The maximum Gasteiger partial charge on any atom is 0.273 e. The summed E-state index contributed by atoms with van der Waals surface area (Å²) in [5.74, 6) is 0.510. The third-order valence-electron chi connectivity index (χ3n) is 4.79. The summed E-state index contributed by atoms with van der Waals surface area (Å²) in [4.78, 5) is 12.8. The standard InChI is InChI=1S/C24H20ClN3O2/c1-30-20-12-8-17(9-13-20)14-26-27-24(29)22-16-28(23-5-3-2-4-21(22)23)15-18-6-10-19(25)11-7-18/h2-14,16H,15H2,1H3,(H,27,29)/b26-14+. The van der Waals surface area contributed by atoms with Gasteiger partial charge >= 0.3 is 0 Å². The Balaban J connectivity index is 1.54. The Hall–Kier alpha value is -3.57. The van der Waals surface area contributed by atoms with Crippen LogP contribution in [0.4, 0.5) is 0 Å². The van der Waals surface area contributed by atoms with Gasteiger partial charge in [-0.1, -0.05) is 41.9 Å². The minimum atomic E-state index is -0.259. The van der Waals surface area contributed by atoms with E-state index in [9.17, 15) is 4.79 Å². The lowest BCUT2D eigenvalue weighted by Gasteiger charge is -2.05. The zero-order valence-corrected chi connectivity index (χ0v) is 17.1. The molecule has 3 aromatic carbocycles. The first-order valence-electron chi connectivity index (χ1n) is 9.44. The first kappa shape index (κ1) is 19.7. The number of aromatic nitrogens is 1. The summed E-state index contributed by atoms with van der Waals surface area (Å²) >= 11 is 5.98. The predicted molar refractivity (Wildman–Crippen MR) is 121 cm³/mol. The molecular weight excluding hydrogens is 398 g/mol. The van der Waals surface area contributed by atoms with Gasteiger partial charge in [-0.25, -0.2) is 5.43 Å². The molecular formula is C24H20ClN3O2. The fourth-order valence-corrected chi connectivity index (χ4v) is 3.39. The summed E-state index contributed by atoms with van der Waals surface area (Å²) in [5, 5.41) is 5.67. The van der Waals surface area contributed by atoms with Gasteiger partial charge in [0.1, 0.15) is 5.75 Å². The third-order valence-corrected chi connectivity index (χ3v) is 5.05. The van der Waals surface area contributed by atoms with Crippen molar-refractivity contribution < 1.29 is 9.53 Å². The number of halogens is 1. The normalized spacial score (nSPS) is 11.1. The van der Waals surface area contributed by atoms with Gasteiger partial charge in [-0.2, -0.15) is 5.10 Å². The van der Waals surface area contributed by atoms with Gasteiger partial charge in [0, 0.05) is 28.7 Å². The molecule has 4 rings (SSSR count). The van der Waals surface area contributed by atoms with E-state index < -0.39 is 0 Å². The molecule has 0 unspecified atom stereocenters. The number of hydrogen-bond acceptors (Lipinski definition) is 3. The molecule has 6 heteroatoms. The number of amides is 1. The van der Waals surface area contributed by atoms with E-state index in [0.29, 0.717) is 17.1 Å². The molecule has 5 nitrogen and oxygen atoms in total. The SMILES string of the molecule is COc1ccc(/C=N/NC(=O)c2cn(Cc3ccc(Cl)cc3)c3ccccc23)cc1.